The van der Waals surface area contributed by atoms with Crippen LogP contribution < -0.4 is 0 Å². The first kappa shape index (κ1) is 29.3. The van der Waals surface area contributed by atoms with Crippen LogP contribution in [0, 0.1) is 20.8 Å². The zero-order valence-corrected chi connectivity index (χ0v) is 28.8. The van der Waals surface area contributed by atoms with Crippen LogP contribution in [0.1, 0.15) is 80.2 Å². The molecule has 3 aromatic heterocycles. The van der Waals surface area contributed by atoms with Gasteiger partial charge in [-0.25, -0.2) is 9.98 Å². The van der Waals surface area contributed by atoms with Crippen molar-refractivity contribution in [3.63, 3.8) is 0 Å². The van der Waals surface area contributed by atoms with E-state index in [1.54, 1.807) is 0 Å². The number of pyridine rings is 1. The van der Waals surface area contributed by atoms with Gasteiger partial charge >= 0.3 is 0 Å². The molecule has 0 radical (unpaired) electrons. The predicted octanol–water partition coefficient (Wildman–Crippen LogP) is 10.8. The van der Waals surface area contributed by atoms with Gasteiger partial charge in [-0.15, -0.1) is 0 Å². The van der Waals surface area contributed by atoms with Gasteiger partial charge in [0.1, 0.15) is 11.8 Å². The molecule has 1 saturated carbocycles. The largest absolute Gasteiger partial charge is 0.472 e. The van der Waals surface area contributed by atoms with Gasteiger partial charge in [-0.1, -0.05) is 50.1 Å². The van der Waals surface area contributed by atoms with Gasteiger partial charge in [0.2, 0.25) is 5.90 Å². The van der Waals surface area contributed by atoms with Crippen LogP contribution in [0.4, 0.5) is 0 Å². The zero-order valence-electron chi connectivity index (χ0n) is 28.8. The molecule has 2 atom stereocenters. The quantitative estimate of drug-likeness (QED) is 0.194. The molecule has 5 heteroatoms. The second-order valence-corrected chi connectivity index (χ2v) is 14.8. The molecule has 7 aromatic rings. The number of aliphatic imine (C=N–C) groups is 1. The van der Waals surface area contributed by atoms with Gasteiger partial charge in [0.05, 0.1) is 22.1 Å². The van der Waals surface area contributed by atoms with E-state index in [9.17, 15) is 0 Å². The Labute approximate surface area is 281 Å². The number of ether oxygens (including phenoxy) is 1. The summed E-state index contributed by atoms with van der Waals surface area (Å²) in [5.74, 6) is 1.26. The third kappa shape index (κ3) is 4.29. The molecule has 9 rings (SSSR count). The van der Waals surface area contributed by atoms with Crippen molar-refractivity contribution in [2.45, 2.75) is 84.8 Å². The third-order valence-electron chi connectivity index (χ3n) is 11.1. The van der Waals surface area contributed by atoms with Crippen LogP contribution in [0.2, 0.25) is 0 Å². The maximum absolute atomic E-state index is 6.64. The summed E-state index contributed by atoms with van der Waals surface area (Å²) in [5, 5.41) is 4.92. The van der Waals surface area contributed by atoms with E-state index in [4.69, 9.17) is 14.7 Å². The predicted molar refractivity (Wildman–Crippen MR) is 199 cm³/mol. The van der Waals surface area contributed by atoms with Crippen LogP contribution in [0.15, 0.2) is 90.1 Å². The summed E-state index contributed by atoms with van der Waals surface area (Å²) in [4.78, 5) is 10.2. The molecule has 0 spiro atoms. The van der Waals surface area contributed by atoms with E-state index in [1.807, 2.05) is 12.3 Å². The van der Waals surface area contributed by atoms with E-state index in [2.05, 4.69) is 123 Å². The van der Waals surface area contributed by atoms with Gasteiger partial charge in [-0.3, -0.25) is 4.57 Å². The summed E-state index contributed by atoms with van der Waals surface area (Å²) in [7, 11) is 0. The molecule has 1 aliphatic heterocycles. The van der Waals surface area contributed by atoms with Crippen LogP contribution in [-0.4, -0.2) is 31.7 Å². The van der Waals surface area contributed by atoms with Crippen molar-refractivity contribution in [3.05, 3.63) is 113 Å². The van der Waals surface area contributed by atoms with Gasteiger partial charge in [0, 0.05) is 44.7 Å². The number of aryl methyl sites for hydroxylation is 3. The van der Waals surface area contributed by atoms with Gasteiger partial charge in [0.15, 0.2) is 0 Å². The molecule has 4 aromatic carbocycles. The van der Waals surface area contributed by atoms with E-state index in [1.165, 1.54) is 73.2 Å². The van der Waals surface area contributed by atoms with Gasteiger partial charge in [-0.2, -0.15) is 0 Å². The second kappa shape index (κ2) is 10.6. The van der Waals surface area contributed by atoms with Crippen LogP contribution in [0.3, 0.4) is 0 Å². The van der Waals surface area contributed by atoms with Crippen molar-refractivity contribution < 1.29 is 4.74 Å². The van der Waals surface area contributed by atoms with E-state index >= 15 is 0 Å². The van der Waals surface area contributed by atoms with Crippen LogP contribution >= 0.6 is 0 Å². The first-order valence-corrected chi connectivity index (χ1v) is 17.5. The summed E-state index contributed by atoms with van der Waals surface area (Å²) in [6, 6.07) is 29.5. The lowest BCUT2D eigenvalue weighted by atomic mass is 9.82. The lowest BCUT2D eigenvalue weighted by Gasteiger charge is -2.31. The van der Waals surface area contributed by atoms with Crippen molar-refractivity contribution in [2.24, 2.45) is 4.99 Å². The number of nitrogens with zero attached hydrogens (tertiary/aromatic N) is 4. The lowest BCUT2D eigenvalue weighted by Crippen LogP contribution is -2.37. The molecule has 4 heterocycles. The minimum absolute atomic E-state index is 0.128. The lowest BCUT2D eigenvalue weighted by molar-refractivity contribution is 0.104. The Hall–Kier alpha value is -4.90. The van der Waals surface area contributed by atoms with Crippen LogP contribution in [0.25, 0.3) is 55.1 Å². The molecule has 0 amide bonds. The molecule has 1 fully saturated rings. The molecule has 1 aliphatic carbocycles. The second-order valence-electron chi connectivity index (χ2n) is 14.8. The maximum Gasteiger partial charge on any atom is 0.217 e. The van der Waals surface area contributed by atoms with Gasteiger partial charge in [0.25, 0.3) is 0 Å². The number of hydrogen-bond acceptors (Lipinski definition) is 3. The standard InChI is InChI=1S/C43H42N4O/c1-25(2)29-13-17-36-35(22-29)32-10-9-19-44-41(32)46(36)30-14-15-31-34-20-26(3)12-16-37(34)47(39(31)23-30)38-24-33(27(4)21-28(38)5)42-45-43(6)18-8-7-11-40(43)48-42/h9-10,12-17,19-25,40H,7-8,11,18H2,1-6H3/t40-,43-/m0/s1. The highest BCUT2D eigenvalue weighted by molar-refractivity contribution is 6.12. The summed E-state index contributed by atoms with van der Waals surface area (Å²) in [6.07, 6.45) is 6.66. The fourth-order valence-corrected chi connectivity index (χ4v) is 8.43. The molecule has 0 unspecified atom stereocenters. The Morgan fingerprint density at radius 1 is 0.771 bits per heavy atom. The van der Waals surface area contributed by atoms with E-state index in [-0.39, 0.29) is 11.6 Å². The molecule has 0 N–H and O–H groups in total. The molecule has 2 aliphatic rings. The molecule has 48 heavy (non-hydrogen) atoms. The fraction of sp³-hybridized carbons (Fsp3) is 0.302. The SMILES string of the molecule is Cc1ccc2c(c1)c1ccc(-n3c4ccc(C(C)C)cc4c4cccnc43)cc1n2-c1cc(C2=N[C@@]3(C)CCCC[C@@H]3O2)c(C)cc1C. The highest BCUT2D eigenvalue weighted by Gasteiger charge is 2.44. The van der Waals surface area contributed by atoms with E-state index in [0.29, 0.717) is 5.92 Å². The normalized spacial score (nSPS) is 19.5. The van der Waals surface area contributed by atoms with Crippen molar-refractivity contribution in [1.82, 2.24) is 14.1 Å². The summed E-state index contributed by atoms with van der Waals surface area (Å²) < 4.78 is 11.4. The minimum Gasteiger partial charge on any atom is -0.472 e. The third-order valence-corrected chi connectivity index (χ3v) is 11.1. The highest BCUT2D eigenvalue weighted by atomic mass is 16.5. The Balaban J connectivity index is 1.30. The average Bonchev–Trinajstić information content (AvgIpc) is 3.71. The molecule has 5 nitrogen and oxygen atoms in total. The first-order chi connectivity index (χ1) is 23.2. The van der Waals surface area contributed by atoms with Crippen molar-refractivity contribution in [1.29, 1.82) is 0 Å². The molecular weight excluding hydrogens is 589 g/mol. The topological polar surface area (TPSA) is 44.3 Å². The molecule has 0 bridgehead atoms. The Morgan fingerprint density at radius 2 is 1.58 bits per heavy atom. The van der Waals surface area contributed by atoms with Crippen molar-refractivity contribution >= 4 is 49.6 Å². The first-order valence-electron chi connectivity index (χ1n) is 17.5. The monoisotopic (exact) mass is 630 g/mol. The number of aromatic nitrogens is 3. The smallest absolute Gasteiger partial charge is 0.217 e. The van der Waals surface area contributed by atoms with Gasteiger partial charge in [-0.05, 0) is 124 Å². The average molecular weight is 631 g/mol. The van der Waals surface area contributed by atoms with Crippen molar-refractivity contribution in [3.8, 4) is 11.4 Å². The summed E-state index contributed by atoms with van der Waals surface area (Å²) in [6.45, 7) is 13.4. The molecule has 240 valence electrons. The Morgan fingerprint density at radius 3 is 2.42 bits per heavy atom. The highest BCUT2D eigenvalue weighted by Crippen LogP contribution is 2.41. The fourth-order valence-electron chi connectivity index (χ4n) is 8.43. The number of hydrogen-bond donors (Lipinski definition) is 0. The number of benzene rings is 4. The summed E-state index contributed by atoms with van der Waals surface area (Å²) in [5.41, 5.74) is 12.8. The summed E-state index contributed by atoms with van der Waals surface area (Å²) >= 11 is 0. The van der Waals surface area contributed by atoms with Crippen molar-refractivity contribution in [2.75, 3.05) is 0 Å². The Bertz CT molecular complexity index is 2480. The Kier molecular flexibility index (Phi) is 6.43. The van der Waals surface area contributed by atoms with Gasteiger partial charge < -0.3 is 9.30 Å². The maximum atomic E-state index is 6.64. The molecular formula is C43H42N4O. The zero-order chi connectivity index (χ0) is 32.9. The van der Waals surface area contributed by atoms with E-state index < -0.39 is 0 Å². The van der Waals surface area contributed by atoms with Crippen LogP contribution in [-0.2, 0) is 4.74 Å². The minimum atomic E-state index is -0.128. The molecule has 0 saturated heterocycles. The van der Waals surface area contributed by atoms with Crippen LogP contribution in [0.5, 0.6) is 0 Å². The number of fused-ring (bicyclic) bond motifs is 7. The van der Waals surface area contributed by atoms with E-state index in [0.717, 1.165) is 41.3 Å². The number of rotatable bonds is 4.